The molecule has 0 unspecified atom stereocenters. The summed E-state index contributed by atoms with van der Waals surface area (Å²) < 4.78 is 0. The molecule has 0 saturated heterocycles. The van der Waals surface area contributed by atoms with E-state index in [2.05, 4.69) is 27.1 Å². The van der Waals surface area contributed by atoms with Crippen molar-refractivity contribution < 1.29 is 4.79 Å². The predicted molar refractivity (Wildman–Crippen MR) is 120 cm³/mol. The van der Waals surface area contributed by atoms with E-state index in [1.165, 1.54) is 29.5 Å². The van der Waals surface area contributed by atoms with Crippen LogP contribution in [0.15, 0.2) is 66.9 Å². The van der Waals surface area contributed by atoms with E-state index in [1.54, 1.807) is 6.20 Å². The average Bonchev–Trinajstić information content (AvgIpc) is 3.16. The standard InChI is InChI=1S/C26H21N3O/c30-26(19-12-14-25-23(17-19)22-9-1-2-10-24(22)29-25)28-21-8-5-6-18(16-21)11-13-20-7-3-4-15-27-20/h3-8,12,14-17,29H,1-2,9-10H2,(H,28,30). The molecule has 2 aromatic carbocycles. The lowest BCUT2D eigenvalue weighted by Gasteiger charge is -2.10. The highest BCUT2D eigenvalue weighted by Gasteiger charge is 2.17. The van der Waals surface area contributed by atoms with Crippen molar-refractivity contribution in [1.82, 2.24) is 9.97 Å². The van der Waals surface area contributed by atoms with Crippen molar-refractivity contribution in [2.45, 2.75) is 25.7 Å². The third-order valence-electron chi connectivity index (χ3n) is 5.48. The molecule has 0 radical (unpaired) electrons. The lowest BCUT2D eigenvalue weighted by molar-refractivity contribution is 0.102. The number of amides is 1. The SMILES string of the molecule is O=C(Nc1cccc(C#Cc2ccccn2)c1)c1ccc2[nH]c3c(c2c1)CCCC3. The number of fused-ring (bicyclic) bond motifs is 3. The Kier molecular flexibility index (Phi) is 4.78. The first-order chi connectivity index (χ1) is 14.8. The van der Waals surface area contributed by atoms with Crippen LogP contribution in [0, 0.1) is 11.8 Å². The molecule has 2 aromatic heterocycles. The van der Waals surface area contributed by atoms with Crippen LogP contribution in [-0.4, -0.2) is 15.9 Å². The van der Waals surface area contributed by atoms with Gasteiger partial charge in [-0.05, 0) is 85.7 Å². The van der Waals surface area contributed by atoms with Crippen molar-refractivity contribution in [3.63, 3.8) is 0 Å². The van der Waals surface area contributed by atoms with E-state index < -0.39 is 0 Å². The molecule has 5 rings (SSSR count). The van der Waals surface area contributed by atoms with Crippen molar-refractivity contribution in [2.75, 3.05) is 5.32 Å². The van der Waals surface area contributed by atoms with Crippen molar-refractivity contribution in [3.8, 4) is 11.8 Å². The Morgan fingerprint density at radius 1 is 0.967 bits per heavy atom. The van der Waals surface area contributed by atoms with Gasteiger partial charge in [-0.1, -0.05) is 18.1 Å². The minimum atomic E-state index is -0.113. The number of hydrogen-bond donors (Lipinski definition) is 2. The van der Waals surface area contributed by atoms with Crippen LogP contribution in [0.4, 0.5) is 5.69 Å². The first-order valence-corrected chi connectivity index (χ1v) is 10.2. The normalized spacial score (nSPS) is 12.7. The largest absolute Gasteiger partial charge is 0.358 e. The first kappa shape index (κ1) is 18.2. The molecule has 1 aliphatic carbocycles. The highest BCUT2D eigenvalue weighted by atomic mass is 16.1. The van der Waals surface area contributed by atoms with Crippen LogP contribution in [0.3, 0.4) is 0 Å². The molecule has 0 fully saturated rings. The van der Waals surface area contributed by atoms with Gasteiger partial charge in [-0.15, -0.1) is 0 Å². The zero-order valence-electron chi connectivity index (χ0n) is 16.5. The number of H-pyrrole nitrogens is 1. The number of nitrogens with one attached hydrogen (secondary N) is 2. The Hall–Kier alpha value is -3.84. The van der Waals surface area contributed by atoms with Gasteiger partial charge in [0.1, 0.15) is 5.69 Å². The minimum Gasteiger partial charge on any atom is -0.358 e. The second kappa shape index (κ2) is 7.88. The zero-order chi connectivity index (χ0) is 20.3. The summed E-state index contributed by atoms with van der Waals surface area (Å²) in [6.45, 7) is 0. The molecule has 0 aliphatic heterocycles. The number of carbonyl (C=O) groups is 1. The second-order valence-corrected chi connectivity index (χ2v) is 7.55. The molecule has 4 heteroatoms. The molecule has 2 N–H and O–H groups in total. The molecular weight excluding hydrogens is 370 g/mol. The lowest BCUT2D eigenvalue weighted by Crippen LogP contribution is -2.11. The number of aromatic nitrogens is 2. The molecular formula is C26H21N3O. The molecule has 0 saturated carbocycles. The molecule has 0 bridgehead atoms. The van der Waals surface area contributed by atoms with Gasteiger partial charge >= 0.3 is 0 Å². The predicted octanol–water partition coefficient (Wildman–Crippen LogP) is 5.09. The van der Waals surface area contributed by atoms with E-state index in [1.807, 2.05) is 60.7 Å². The number of carbonyl (C=O) groups excluding carboxylic acids is 1. The van der Waals surface area contributed by atoms with Gasteiger partial charge in [0.2, 0.25) is 0 Å². The Bertz CT molecular complexity index is 1290. The summed E-state index contributed by atoms with van der Waals surface area (Å²) in [5, 5.41) is 4.17. The number of aryl methyl sites for hydroxylation is 2. The van der Waals surface area contributed by atoms with E-state index in [4.69, 9.17) is 0 Å². The average molecular weight is 391 g/mol. The number of nitrogens with zero attached hydrogens (tertiary/aromatic N) is 1. The number of benzene rings is 2. The van der Waals surface area contributed by atoms with Crippen LogP contribution in [0.25, 0.3) is 10.9 Å². The molecule has 30 heavy (non-hydrogen) atoms. The molecule has 0 spiro atoms. The molecule has 1 aliphatic rings. The highest BCUT2D eigenvalue weighted by Crippen LogP contribution is 2.29. The first-order valence-electron chi connectivity index (χ1n) is 10.2. The maximum absolute atomic E-state index is 12.9. The number of hydrogen-bond acceptors (Lipinski definition) is 2. The Balaban J connectivity index is 1.37. The van der Waals surface area contributed by atoms with Gasteiger partial charge in [-0.25, -0.2) is 4.98 Å². The maximum Gasteiger partial charge on any atom is 0.255 e. The van der Waals surface area contributed by atoms with Gasteiger partial charge in [-0.3, -0.25) is 4.79 Å². The summed E-state index contributed by atoms with van der Waals surface area (Å²) in [4.78, 5) is 20.6. The van der Waals surface area contributed by atoms with Crippen LogP contribution in [0.2, 0.25) is 0 Å². The fraction of sp³-hybridized carbons (Fsp3) is 0.154. The van der Waals surface area contributed by atoms with E-state index in [9.17, 15) is 4.79 Å². The lowest BCUT2D eigenvalue weighted by atomic mass is 9.95. The Labute approximate surface area is 175 Å². The number of anilines is 1. The summed E-state index contributed by atoms with van der Waals surface area (Å²) in [5.41, 5.74) is 6.75. The van der Waals surface area contributed by atoms with Crippen molar-refractivity contribution >= 4 is 22.5 Å². The molecule has 0 atom stereocenters. The third kappa shape index (κ3) is 3.70. The Morgan fingerprint density at radius 3 is 2.80 bits per heavy atom. The summed E-state index contributed by atoms with van der Waals surface area (Å²) in [5.74, 6) is 6.03. The molecule has 4 nitrogen and oxygen atoms in total. The minimum absolute atomic E-state index is 0.113. The second-order valence-electron chi connectivity index (χ2n) is 7.55. The van der Waals surface area contributed by atoms with E-state index in [-0.39, 0.29) is 5.91 Å². The van der Waals surface area contributed by atoms with E-state index >= 15 is 0 Å². The topological polar surface area (TPSA) is 57.8 Å². The van der Waals surface area contributed by atoms with Crippen LogP contribution in [0.1, 0.15) is 45.7 Å². The fourth-order valence-electron chi connectivity index (χ4n) is 4.00. The van der Waals surface area contributed by atoms with Gasteiger partial charge in [-0.2, -0.15) is 0 Å². The van der Waals surface area contributed by atoms with E-state index in [0.717, 1.165) is 35.3 Å². The molecule has 1 amide bonds. The molecule has 146 valence electrons. The maximum atomic E-state index is 12.9. The van der Waals surface area contributed by atoms with Gasteiger partial charge < -0.3 is 10.3 Å². The van der Waals surface area contributed by atoms with Crippen LogP contribution < -0.4 is 5.32 Å². The molecule has 4 aromatic rings. The Morgan fingerprint density at radius 2 is 1.90 bits per heavy atom. The van der Waals surface area contributed by atoms with Gasteiger partial charge in [0.25, 0.3) is 5.91 Å². The third-order valence-corrected chi connectivity index (χ3v) is 5.48. The summed E-state index contributed by atoms with van der Waals surface area (Å²) in [6, 6.07) is 19.1. The summed E-state index contributed by atoms with van der Waals surface area (Å²) in [7, 11) is 0. The smallest absolute Gasteiger partial charge is 0.255 e. The van der Waals surface area contributed by atoms with Crippen LogP contribution in [-0.2, 0) is 12.8 Å². The summed E-state index contributed by atoms with van der Waals surface area (Å²) >= 11 is 0. The van der Waals surface area contributed by atoms with Gasteiger partial charge in [0.15, 0.2) is 0 Å². The van der Waals surface area contributed by atoms with Gasteiger partial charge in [0, 0.05) is 39.6 Å². The fourth-order valence-corrected chi connectivity index (χ4v) is 4.00. The summed E-state index contributed by atoms with van der Waals surface area (Å²) in [6.07, 6.45) is 6.34. The van der Waals surface area contributed by atoms with Crippen LogP contribution >= 0.6 is 0 Å². The van der Waals surface area contributed by atoms with Crippen molar-refractivity contribution in [2.24, 2.45) is 0 Å². The monoisotopic (exact) mass is 391 g/mol. The van der Waals surface area contributed by atoms with Gasteiger partial charge in [0.05, 0.1) is 0 Å². The quantitative estimate of drug-likeness (QED) is 0.468. The van der Waals surface area contributed by atoms with Crippen molar-refractivity contribution in [1.29, 1.82) is 0 Å². The van der Waals surface area contributed by atoms with Crippen molar-refractivity contribution in [3.05, 3.63) is 94.9 Å². The molecule has 2 heterocycles. The number of aromatic amines is 1. The van der Waals surface area contributed by atoms with E-state index in [0.29, 0.717) is 5.56 Å². The zero-order valence-corrected chi connectivity index (χ0v) is 16.5. The van der Waals surface area contributed by atoms with Crippen LogP contribution in [0.5, 0.6) is 0 Å². The number of pyridine rings is 1. The number of rotatable bonds is 2. The highest BCUT2D eigenvalue weighted by molar-refractivity contribution is 6.06.